The van der Waals surface area contributed by atoms with Crippen LogP contribution in [0.2, 0.25) is 5.02 Å². The van der Waals surface area contributed by atoms with E-state index in [9.17, 15) is 9.59 Å². The van der Waals surface area contributed by atoms with Gasteiger partial charge in [-0.15, -0.1) is 0 Å². The lowest BCUT2D eigenvalue weighted by molar-refractivity contribution is -0.137. The molecule has 5 nitrogen and oxygen atoms in total. The van der Waals surface area contributed by atoms with Crippen LogP contribution in [0, 0.1) is 0 Å². The molecule has 1 heterocycles. The minimum atomic E-state index is -0.780. The lowest BCUT2D eigenvalue weighted by Gasteiger charge is -2.11. The van der Waals surface area contributed by atoms with Crippen LogP contribution >= 0.6 is 11.6 Å². The molecule has 178 valence electrons. The SMILES string of the molecule is O=C(O)CCCc1cnc(Cc2ccc(C(=O)NCCc3ccc(Cl)cc3)cc2)c2ccccc12. The van der Waals surface area contributed by atoms with Crippen molar-refractivity contribution in [1.82, 2.24) is 10.3 Å². The zero-order valence-corrected chi connectivity index (χ0v) is 20.1. The predicted molar refractivity (Wildman–Crippen MR) is 139 cm³/mol. The largest absolute Gasteiger partial charge is 0.481 e. The van der Waals surface area contributed by atoms with Crippen molar-refractivity contribution < 1.29 is 14.7 Å². The summed E-state index contributed by atoms with van der Waals surface area (Å²) >= 11 is 5.91. The molecular weight excluding hydrogens is 460 g/mol. The van der Waals surface area contributed by atoms with Gasteiger partial charge in [0.25, 0.3) is 5.91 Å². The molecule has 0 aliphatic rings. The van der Waals surface area contributed by atoms with Crippen molar-refractivity contribution in [3.8, 4) is 0 Å². The number of rotatable bonds is 10. The van der Waals surface area contributed by atoms with E-state index in [1.807, 2.05) is 66.9 Å². The number of aryl methyl sites for hydroxylation is 1. The molecule has 0 aliphatic heterocycles. The van der Waals surface area contributed by atoms with Gasteiger partial charge in [0.15, 0.2) is 0 Å². The molecule has 4 rings (SSSR count). The van der Waals surface area contributed by atoms with E-state index < -0.39 is 5.97 Å². The molecule has 0 saturated heterocycles. The number of carbonyl (C=O) groups is 2. The van der Waals surface area contributed by atoms with E-state index in [4.69, 9.17) is 21.7 Å². The fraction of sp³-hybridized carbons (Fsp3) is 0.207. The van der Waals surface area contributed by atoms with E-state index in [1.165, 1.54) is 0 Å². The van der Waals surface area contributed by atoms with Crippen LogP contribution in [-0.2, 0) is 24.1 Å². The number of hydrogen-bond donors (Lipinski definition) is 2. The fourth-order valence-electron chi connectivity index (χ4n) is 4.12. The first-order valence-electron chi connectivity index (χ1n) is 11.7. The quantitative estimate of drug-likeness (QED) is 0.294. The Kier molecular flexibility index (Phi) is 8.11. The molecule has 1 amide bonds. The van der Waals surface area contributed by atoms with Gasteiger partial charge in [0.05, 0.1) is 5.69 Å². The second kappa shape index (κ2) is 11.6. The number of aliphatic carboxylic acids is 1. The van der Waals surface area contributed by atoms with Crippen molar-refractivity contribution >= 4 is 34.2 Å². The summed E-state index contributed by atoms with van der Waals surface area (Å²) in [5, 5.41) is 14.8. The number of carboxylic acid groups (broad SMARTS) is 1. The Morgan fingerprint density at radius 3 is 2.26 bits per heavy atom. The number of hydrogen-bond acceptors (Lipinski definition) is 3. The van der Waals surface area contributed by atoms with E-state index in [0.717, 1.165) is 39.6 Å². The van der Waals surface area contributed by atoms with Crippen LogP contribution in [0.4, 0.5) is 0 Å². The average molecular weight is 487 g/mol. The van der Waals surface area contributed by atoms with Crippen molar-refractivity contribution in [3.63, 3.8) is 0 Å². The van der Waals surface area contributed by atoms with E-state index in [0.29, 0.717) is 36.4 Å². The Morgan fingerprint density at radius 1 is 0.857 bits per heavy atom. The van der Waals surface area contributed by atoms with Gasteiger partial charge in [-0.1, -0.05) is 60.1 Å². The standard InChI is InChI=1S/C29H27ClN2O3/c30-24-14-10-20(11-15-24)16-17-31-29(35)22-12-8-21(9-13-22)18-27-26-6-2-1-5-25(26)23(19-32-27)4-3-7-28(33)34/h1-2,5-6,8-15,19H,3-4,7,16-18H2,(H,31,35)(H,33,34). The minimum Gasteiger partial charge on any atom is -0.481 e. The van der Waals surface area contributed by atoms with Crippen LogP contribution in [-0.4, -0.2) is 28.5 Å². The van der Waals surface area contributed by atoms with Gasteiger partial charge in [0, 0.05) is 41.6 Å². The molecule has 3 aromatic carbocycles. The smallest absolute Gasteiger partial charge is 0.303 e. The lowest BCUT2D eigenvalue weighted by Crippen LogP contribution is -2.25. The Bertz CT molecular complexity index is 1320. The van der Waals surface area contributed by atoms with Crippen molar-refractivity contribution in [2.45, 2.75) is 32.1 Å². The maximum atomic E-state index is 12.5. The summed E-state index contributed by atoms with van der Waals surface area (Å²) in [6.45, 7) is 0.553. The molecule has 0 bridgehead atoms. The zero-order valence-electron chi connectivity index (χ0n) is 19.3. The van der Waals surface area contributed by atoms with Crippen LogP contribution in [0.3, 0.4) is 0 Å². The number of amides is 1. The lowest BCUT2D eigenvalue weighted by atomic mass is 9.98. The van der Waals surface area contributed by atoms with Crippen molar-refractivity contribution in [3.05, 3.63) is 112 Å². The monoisotopic (exact) mass is 486 g/mol. The van der Waals surface area contributed by atoms with Crippen LogP contribution < -0.4 is 5.32 Å². The molecule has 0 aliphatic carbocycles. The predicted octanol–water partition coefficient (Wildman–Crippen LogP) is 5.86. The third-order valence-corrected chi connectivity index (χ3v) is 6.25. The summed E-state index contributed by atoms with van der Waals surface area (Å²) in [7, 11) is 0. The number of benzene rings is 3. The molecule has 4 aromatic rings. The van der Waals surface area contributed by atoms with Crippen molar-refractivity contribution in [2.24, 2.45) is 0 Å². The van der Waals surface area contributed by atoms with Crippen molar-refractivity contribution in [1.29, 1.82) is 0 Å². The number of carboxylic acids is 1. The summed E-state index contributed by atoms with van der Waals surface area (Å²) < 4.78 is 0. The molecule has 0 fully saturated rings. The highest BCUT2D eigenvalue weighted by Gasteiger charge is 2.10. The van der Waals surface area contributed by atoms with Crippen LogP contribution in [0.5, 0.6) is 0 Å². The number of pyridine rings is 1. The number of carbonyl (C=O) groups excluding carboxylic acids is 1. The molecule has 1 aromatic heterocycles. The second-order valence-electron chi connectivity index (χ2n) is 8.53. The number of nitrogens with zero attached hydrogens (tertiary/aromatic N) is 1. The summed E-state index contributed by atoms with van der Waals surface area (Å²) in [5.41, 5.74) is 4.84. The molecule has 0 radical (unpaired) electrons. The highest BCUT2D eigenvalue weighted by molar-refractivity contribution is 6.30. The molecule has 0 atom stereocenters. The van der Waals surface area contributed by atoms with Gasteiger partial charge >= 0.3 is 5.97 Å². The molecule has 0 spiro atoms. The highest BCUT2D eigenvalue weighted by Crippen LogP contribution is 2.24. The van der Waals surface area contributed by atoms with E-state index >= 15 is 0 Å². The molecule has 0 saturated carbocycles. The third kappa shape index (κ3) is 6.67. The fourth-order valence-corrected chi connectivity index (χ4v) is 4.25. The Balaban J connectivity index is 1.39. The van der Waals surface area contributed by atoms with E-state index in [2.05, 4.69) is 17.4 Å². The normalized spacial score (nSPS) is 10.9. The number of nitrogens with one attached hydrogen (secondary N) is 1. The molecule has 6 heteroatoms. The molecule has 2 N–H and O–H groups in total. The number of aromatic nitrogens is 1. The van der Waals surface area contributed by atoms with Gasteiger partial charge in [-0.25, -0.2) is 0 Å². The first-order valence-corrected chi connectivity index (χ1v) is 12.1. The second-order valence-corrected chi connectivity index (χ2v) is 8.97. The van der Waals surface area contributed by atoms with Gasteiger partial charge in [-0.05, 0) is 65.6 Å². The van der Waals surface area contributed by atoms with Gasteiger partial charge in [-0.2, -0.15) is 0 Å². The van der Waals surface area contributed by atoms with Gasteiger partial charge in [0.1, 0.15) is 0 Å². The van der Waals surface area contributed by atoms with Gasteiger partial charge in [0.2, 0.25) is 0 Å². The maximum absolute atomic E-state index is 12.5. The minimum absolute atomic E-state index is 0.0974. The van der Waals surface area contributed by atoms with Gasteiger partial charge < -0.3 is 10.4 Å². The summed E-state index contributed by atoms with van der Waals surface area (Å²) in [6.07, 6.45) is 4.67. The van der Waals surface area contributed by atoms with Crippen LogP contribution in [0.25, 0.3) is 10.8 Å². The Labute approximate surface area is 209 Å². The molecule has 0 unspecified atom stereocenters. The Morgan fingerprint density at radius 2 is 1.54 bits per heavy atom. The van der Waals surface area contributed by atoms with Gasteiger partial charge in [-0.3, -0.25) is 14.6 Å². The molecule has 35 heavy (non-hydrogen) atoms. The van der Waals surface area contributed by atoms with E-state index in [-0.39, 0.29) is 12.3 Å². The first kappa shape index (κ1) is 24.4. The maximum Gasteiger partial charge on any atom is 0.303 e. The Hall–Kier alpha value is -3.70. The van der Waals surface area contributed by atoms with Crippen LogP contribution in [0.15, 0.2) is 79.0 Å². The van der Waals surface area contributed by atoms with Crippen molar-refractivity contribution in [2.75, 3.05) is 6.54 Å². The van der Waals surface area contributed by atoms with E-state index in [1.54, 1.807) is 0 Å². The zero-order chi connectivity index (χ0) is 24.6. The highest BCUT2D eigenvalue weighted by atomic mass is 35.5. The topological polar surface area (TPSA) is 79.3 Å². The summed E-state index contributed by atoms with van der Waals surface area (Å²) in [4.78, 5) is 28.1. The summed E-state index contributed by atoms with van der Waals surface area (Å²) in [5.74, 6) is -0.877. The third-order valence-electron chi connectivity index (χ3n) is 6.00. The average Bonchev–Trinajstić information content (AvgIpc) is 2.86. The van der Waals surface area contributed by atoms with Crippen LogP contribution in [0.1, 0.15) is 45.6 Å². The molecular formula is C29H27ClN2O3. The number of fused-ring (bicyclic) bond motifs is 1. The number of halogens is 1. The summed E-state index contributed by atoms with van der Waals surface area (Å²) in [6, 6.07) is 23.3. The first-order chi connectivity index (χ1) is 17.0.